The van der Waals surface area contributed by atoms with Gasteiger partial charge in [-0.15, -0.1) is 11.3 Å². The van der Waals surface area contributed by atoms with Crippen LogP contribution in [0.5, 0.6) is 0 Å². The number of halogens is 3. The topological polar surface area (TPSA) is 58.4 Å². The molecule has 36 heavy (non-hydrogen) atoms. The number of amides is 2. The lowest BCUT2D eigenvalue weighted by Gasteiger charge is -2.33. The van der Waals surface area contributed by atoms with Gasteiger partial charge < -0.3 is 14.4 Å². The molecular weight excluding hydrogens is 489 g/mol. The highest BCUT2D eigenvalue weighted by molar-refractivity contribution is 7.09. The van der Waals surface area contributed by atoms with Crippen molar-refractivity contribution < 1.29 is 22.8 Å². The molecule has 0 spiro atoms. The van der Waals surface area contributed by atoms with Gasteiger partial charge in [-0.2, -0.15) is 13.2 Å². The van der Waals surface area contributed by atoms with Gasteiger partial charge in [0, 0.05) is 55.8 Å². The Labute approximate surface area is 211 Å². The SMILES string of the molecule is O=C1CC(C(=O)N2CCC(c3nccn3Cc3ccccc3C(F)(F)F)CC2)CN1Cc1cccs1. The number of nitrogens with zero attached hydrogens (tertiary/aromatic N) is 4. The molecule has 2 amide bonds. The number of hydrogen-bond donors (Lipinski definition) is 0. The molecule has 3 aromatic rings. The van der Waals surface area contributed by atoms with E-state index in [4.69, 9.17) is 0 Å². The summed E-state index contributed by atoms with van der Waals surface area (Å²) in [7, 11) is 0. The molecule has 0 radical (unpaired) electrons. The number of likely N-dealkylation sites (tertiary alicyclic amines) is 2. The highest BCUT2D eigenvalue weighted by atomic mass is 32.1. The second-order valence-corrected chi connectivity index (χ2v) is 10.5. The van der Waals surface area contributed by atoms with Crippen molar-refractivity contribution in [3.63, 3.8) is 0 Å². The van der Waals surface area contributed by atoms with Gasteiger partial charge in [-0.3, -0.25) is 9.59 Å². The van der Waals surface area contributed by atoms with E-state index in [1.54, 1.807) is 39.3 Å². The van der Waals surface area contributed by atoms with Gasteiger partial charge >= 0.3 is 6.18 Å². The fourth-order valence-corrected chi connectivity index (χ4v) is 5.95. The largest absolute Gasteiger partial charge is 0.416 e. The van der Waals surface area contributed by atoms with Crippen LogP contribution in [-0.4, -0.2) is 50.8 Å². The van der Waals surface area contributed by atoms with Crippen LogP contribution in [0, 0.1) is 5.92 Å². The summed E-state index contributed by atoms with van der Waals surface area (Å²) in [4.78, 5) is 34.8. The summed E-state index contributed by atoms with van der Waals surface area (Å²) in [6.45, 7) is 2.17. The first kappa shape index (κ1) is 24.5. The number of imidazole rings is 1. The molecule has 190 valence electrons. The third-order valence-electron chi connectivity index (χ3n) is 7.07. The van der Waals surface area contributed by atoms with Crippen LogP contribution < -0.4 is 0 Å². The zero-order chi connectivity index (χ0) is 25.3. The van der Waals surface area contributed by atoms with Crippen molar-refractivity contribution >= 4 is 23.2 Å². The van der Waals surface area contributed by atoms with Gasteiger partial charge in [0.15, 0.2) is 0 Å². The molecule has 0 saturated carbocycles. The molecule has 2 saturated heterocycles. The van der Waals surface area contributed by atoms with Crippen LogP contribution in [0.2, 0.25) is 0 Å². The molecule has 1 atom stereocenters. The van der Waals surface area contributed by atoms with E-state index in [0.717, 1.165) is 16.8 Å². The molecule has 2 fully saturated rings. The van der Waals surface area contributed by atoms with E-state index < -0.39 is 11.7 Å². The van der Waals surface area contributed by atoms with Crippen LogP contribution in [0.4, 0.5) is 13.2 Å². The first-order valence-electron chi connectivity index (χ1n) is 12.0. The Morgan fingerprint density at radius 1 is 1.08 bits per heavy atom. The molecular formula is C26H27F3N4O2S. The Hall–Kier alpha value is -3.14. The van der Waals surface area contributed by atoms with E-state index >= 15 is 0 Å². The maximum atomic E-state index is 13.4. The average Bonchev–Trinajstić information content (AvgIpc) is 3.61. The smallest absolute Gasteiger partial charge is 0.342 e. The summed E-state index contributed by atoms with van der Waals surface area (Å²) in [6.07, 6.45) is 0.533. The minimum Gasteiger partial charge on any atom is -0.342 e. The van der Waals surface area contributed by atoms with E-state index in [1.807, 2.05) is 22.4 Å². The van der Waals surface area contributed by atoms with Crippen LogP contribution in [0.25, 0.3) is 0 Å². The molecule has 4 heterocycles. The summed E-state index contributed by atoms with van der Waals surface area (Å²) < 4.78 is 42.1. The number of aromatic nitrogens is 2. The van der Waals surface area contributed by atoms with Crippen LogP contribution in [0.15, 0.2) is 54.2 Å². The Morgan fingerprint density at radius 2 is 1.86 bits per heavy atom. The predicted molar refractivity (Wildman–Crippen MR) is 129 cm³/mol. The second-order valence-electron chi connectivity index (χ2n) is 9.42. The normalized spacial score (nSPS) is 19.3. The van der Waals surface area contributed by atoms with Crippen LogP contribution in [-0.2, 0) is 28.9 Å². The van der Waals surface area contributed by atoms with Gasteiger partial charge in [0.05, 0.1) is 18.0 Å². The third-order valence-corrected chi connectivity index (χ3v) is 7.93. The van der Waals surface area contributed by atoms with Crippen molar-refractivity contribution in [3.8, 4) is 0 Å². The van der Waals surface area contributed by atoms with Gasteiger partial charge in [-0.1, -0.05) is 24.3 Å². The first-order chi connectivity index (χ1) is 17.3. The van der Waals surface area contributed by atoms with Gasteiger partial charge in [-0.25, -0.2) is 4.98 Å². The van der Waals surface area contributed by atoms with E-state index in [-0.39, 0.29) is 42.2 Å². The highest BCUT2D eigenvalue weighted by Gasteiger charge is 2.38. The Kier molecular flexibility index (Phi) is 6.87. The van der Waals surface area contributed by atoms with Gasteiger partial charge in [0.2, 0.25) is 11.8 Å². The summed E-state index contributed by atoms with van der Waals surface area (Å²) >= 11 is 1.60. The predicted octanol–water partition coefficient (Wildman–Crippen LogP) is 4.77. The van der Waals surface area contributed by atoms with Crippen molar-refractivity contribution in [2.45, 2.75) is 44.4 Å². The van der Waals surface area contributed by atoms with Gasteiger partial charge in [0.25, 0.3) is 0 Å². The molecule has 0 bridgehead atoms. The Balaban J connectivity index is 1.19. The monoisotopic (exact) mass is 516 g/mol. The second kappa shape index (κ2) is 10.1. The van der Waals surface area contributed by atoms with Gasteiger partial charge in [0.1, 0.15) is 5.82 Å². The molecule has 2 aromatic heterocycles. The molecule has 10 heteroatoms. The summed E-state index contributed by atoms with van der Waals surface area (Å²) in [5.74, 6) is 0.505. The minimum absolute atomic E-state index is 0.0119. The maximum absolute atomic E-state index is 13.4. The summed E-state index contributed by atoms with van der Waals surface area (Å²) in [6, 6.07) is 9.55. The molecule has 6 nitrogen and oxygen atoms in total. The first-order valence-corrected chi connectivity index (χ1v) is 12.9. The lowest BCUT2D eigenvalue weighted by atomic mass is 9.94. The quantitative estimate of drug-likeness (QED) is 0.475. The molecule has 2 aliphatic heterocycles. The Morgan fingerprint density at radius 3 is 2.58 bits per heavy atom. The molecule has 0 N–H and O–H groups in total. The number of rotatable bonds is 6. The maximum Gasteiger partial charge on any atom is 0.416 e. The summed E-state index contributed by atoms with van der Waals surface area (Å²) in [5, 5.41) is 1.98. The number of carbonyl (C=O) groups is 2. The van der Waals surface area contributed by atoms with Crippen LogP contribution in [0.3, 0.4) is 0 Å². The van der Waals surface area contributed by atoms with Crippen molar-refractivity contribution in [3.05, 3.63) is 76.0 Å². The Bertz CT molecular complexity index is 1220. The van der Waals surface area contributed by atoms with Crippen molar-refractivity contribution in [1.82, 2.24) is 19.4 Å². The van der Waals surface area contributed by atoms with Crippen LogP contribution >= 0.6 is 11.3 Å². The fraction of sp³-hybridized carbons (Fsp3) is 0.423. The number of alkyl halides is 3. The van der Waals surface area contributed by atoms with Crippen molar-refractivity contribution in [1.29, 1.82) is 0 Å². The van der Waals surface area contributed by atoms with Gasteiger partial charge in [-0.05, 0) is 35.9 Å². The number of benzene rings is 1. The molecule has 1 aromatic carbocycles. The number of thiophene rings is 1. The third kappa shape index (κ3) is 5.18. The van der Waals surface area contributed by atoms with E-state index in [9.17, 15) is 22.8 Å². The zero-order valence-electron chi connectivity index (χ0n) is 19.7. The van der Waals surface area contributed by atoms with E-state index in [2.05, 4.69) is 4.98 Å². The van der Waals surface area contributed by atoms with Crippen molar-refractivity contribution in [2.24, 2.45) is 5.92 Å². The fourth-order valence-electron chi connectivity index (χ4n) is 5.23. The minimum atomic E-state index is -4.41. The highest BCUT2D eigenvalue weighted by Crippen LogP contribution is 2.34. The van der Waals surface area contributed by atoms with E-state index in [1.165, 1.54) is 12.1 Å². The molecule has 5 rings (SSSR count). The lowest BCUT2D eigenvalue weighted by molar-refractivity contribution is -0.138. The molecule has 2 aliphatic rings. The lowest BCUT2D eigenvalue weighted by Crippen LogP contribution is -2.42. The zero-order valence-corrected chi connectivity index (χ0v) is 20.5. The van der Waals surface area contributed by atoms with Crippen molar-refractivity contribution in [2.75, 3.05) is 19.6 Å². The number of carbonyl (C=O) groups excluding carboxylic acids is 2. The average molecular weight is 517 g/mol. The number of hydrogen-bond acceptors (Lipinski definition) is 4. The van der Waals surface area contributed by atoms with Crippen LogP contribution in [0.1, 0.15) is 47.0 Å². The molecule has 0 aliphatic carbocycles. The van der Waals surface area contributed by atoms with E-state index in [0.29, 0.717) is 39.0 Å². The summed E-state index contributed by atoms with van der Waals surface area (Å²) in [5.41, 5.74) is -0.431. The number of piperidine rings is 1. The molecule has 1 unspecified atom stereocenters. The standard InChI is InChI=1S/C26H27F3N4O2S/c27-26(28,29)22-6-2-1-4-19(22)15-32-12-9-30-24(32)18-7-10-31(11-8-18)25(35)20-14-23(34)33(16-20)17-21-5-3-13-36-21/h1-6,9,12-13,18,20H,7-8,10-11,14-17H2.